The van der Waals surface area contributed by atoms with Gasteiger partial charge in [-0.15, -0.1) is 0 Å². The number of nitrogens with one attached hydrogen (secondary N) is 8. The molecular formula is C56H47N8Na7O24S8. The van der Waals surface area contributed by atoms with E-state index >= 15 is 0 Å². The first kappa shape index (κ1) is 95.2. The second kappa shape index (κ2) is 38.0. The van der Waals surface area contributed by atoms with Gasteiger partial charge in [-0.2, -0.15) is 0 Å². The van der Waals surface area contributed by atoms with Crippen LogP contribution in [0.3, 0.4) is 0 Å². The van der Waals surface area contributed by atoms with Gasteiger partial charge in [-0.05, 0) is 97.1 Å². The minimum atomic E-state index is -3.55. The van der Waals surface area contributed by atoms with Crippen molar-refractivity contribution in [2.75, 3.05) is 0 Å². The smallest absolute Gasteiger partial charge is 1.00 e. The van der Waals surface area contributed by atoms with E-state index < -0.39 is 127 Å². The zero-order valence-electron chi connectivity index (χ0n) is 61.5. The number of rotatable bonds is 0. The molecule has 8 N–H and O–H groups in total. The summed E-state index contributed by atoms with van der Waals surface area (Å²) in [6.45, 7) is 0. The van der Waals surface area contributed by atoms with Crippen LogP contribution in [0.15, 0.2) is 233 Å². The number of carbonyl (C=O) groups excluding carboxylic acids is 8. The quantitative estimate of drug-likeness (QED) is 0.0654. The van der Waals surface area contributed by atoms with Crippen LogP contribution in [0.5, 0.6) is 0 Å². The van der Waals surface area contributed by atoms with Crippen molar-refractivity contribution in [3.8, 4) is 0 Å². The van der Waals surface area contributed by atoms with Crippen LogP contribution in [0.2, 0.25) is 0 Å². The van der Waals surface area contributed by atoms with E-state index in [1.54, 1.807) is 97.1 Å². The third-order valence-electron chi connectivity index (χ3n) is 13.2. The molecule has 0 bridgehead atoms. The number of carbonyl (C=O) groups is 8. The average molecular weight is 1630 g/mol. The van der Waals surface area contributed by atoms with Gasteiger partial charge in [-0.25, -0.2) is 105 Å². The van der Waals surface area contributed by atoms with Crippen molar-refractivity contribution in [3.05, 3.63) is 239 Å². The van der Waals surface area contributed by atoms with E-state index in [9.17, 15) is 106 Å². The number of hydrogen-bond acceptors (Lipinski definition) is 24. The maximum absolute atomic E-state index is 11.1. The molecule has 8 aromatic carbocycles. The largest absolute Gasteiger partial charge is 1.00 e. The second-order valence-electron chi connectivity index (χ2n) is 19.4. The molecule has 47 heteroatoms. The summed E-state index contributed by atoms with van der Waals surface area (Å²) in [5.41, 5.74) is 1.76. The van der Waals surface area contributed by atoms with E-state index in [0.717, 1.165) is 0 Å². The molecule has 0 aliphatic carbocycles. The Bertz CT molecular complexity index is 4720. The standard InChI is InChI=1S/8C7H5NO3S.7Na.7H/c8*9-7-5-3-1-2-4-6(5)12(10,11)8-7;;;;;;;;;;;;;;/h8*1-4H,(H,8,9);;;;;;;;;;;;;;/q;;;;;;;;7*+1;7*-1. The van der Waals surface area contributed by atoms with Gasteiger partial charge in [-0.3, -0.25) is 38.4 Å². The van der Waals surface area contributed by atoms with Crippen LogP contribution < -0.4 is 245 Å². The topological polar surface area (TPSA) is 506 Å². The normalized spacial score (nSPS) is 17.2. The fourth-order valence-electron chi connectivity index (χ4n) is 8.96. The Hall–Kier alpha value is -3.88. The first-order valence-electron chi connectivity index (χ1n) is 26.2. The van der Waals surface area contributed by atoms with Crippen molar-refractivity contribution in [1.29, 1.82) is 0 Å². The van der Waals surface area contributed by atoms with Crippen molar-refractivity contribution in [3.63, 3.8) is 0 Å². The van der Waals surface area contributed by atoms with Crippen LogP contribution in [-0.2, 0) is 80.2 Å². The van der Waals surface area contributed by atoms with Gasteiger partial charge in [0.1, 0.15) is 39.2 Å². The number of hydrogen-bond donors (Lipinski definition) is 8. The number of amides is 8. The predicted molar refractivity (Wildman–Crippen MR) is 337 cm³/mol. The average Bonchev–Trinajstić information content (AvgIpc) is 1.72. The van der Waals surface area contributed by atoms with Gasteiger partial charge in [0, 0.05) is 0 Å². The number of benzene rings is 8. The van der Waals surface area contributed by atoms with Gasteiger partial charge in [0.2, 0.25) is 0 Å². The van der Waals surface area contributed by atoms with Crippen LogP contribution in [0, 0.1) is 0 Å². The Morgan fingerprint density at radius 2 is 0.233 bits per heavy atom. The Morgan fingerprint density at radius 3 is 0.311 bits per heavy atom. The van der Waals surface area contributed by atoms with E-state index in [1.165, 1.54) is 97.1 Å². The van der Waals surface area contributed by atoms with Gasteiger partial charge < -0.3 is 9.99 Å². The molecule has 103 heavy (non-hydrogen) atoms. The minimum Gasteiger partial charge on any atom is -1.00 e. The Morgan fingerprint density at radius 1 is 0.155 bits per heavy atom. The molecule has 16 rings (SSSR count). The summed E-state index contributed by atoms with van der Waals surface area (Å²) >= 11 is 0. The number of fused-ring (bicyclic) bond motifs is 8. The molecule has 8 heterocycles. The van der Waals surface area contributed by atoms with Crippen LogP contribution >= 0.6 is 0 Å². The van der Waals surface area contributed by atoms with Crippen molar-refractivity contribution in [1.82, 2.24) is 37.8 Å². The molecule has 510 valence electrons. The summed E-state index contributed by atoms with van der Waals surface area (Å²) in [5, 5.41) is 0. The Labute approximate surface area is 754 Å². The number of sulfonamides is 8. The van der Waals surface area contributed by atoms with Crippen molar-refractivity contribution < 1.29 is 323 Å². The molecule has 0 unspecified atom stereocenters. The van der Waals surface area contributed by atoms with Crippen molar-refractivity contribution in [2.45, 2.75) is 39.2 Å². The molecule has 0 fully saturated rings. The van der Waals surface area contributed by atoms with E-state index in [1.807, 2.05) is 37.8 Å². The molecule has 8 amide bonds. The molecule has 0 spiro atoms. The van der Waals surface area contributed by atoms with Gasteiger partial charge in [0.05, 0.1) is 44.5 Å². The molecular weight excluding hydrogens is 1590 g/mol. The Kier molecular flexibility index (Phi) is 35.1. The van der Waals surface area contributed by atoms with E-state index in [-0.39, 0.29) is 301 Å². The van der Waals surface area contributed by atoms with E-state index in [2.05, 4.69) is 0 Å². The van der Waals surface area contributed by atoms with Crippen molar-refractivity contribution >= 4 is 127 Å². The van der Waals surface area contributed by atoms with E-state index in [0.29, 0.717) is 0 Å². The van der Waals surface area contributed by atoms with Gasteiger partial charge >= 0.3 is 207 Å². The summed E-state index contributed by atoms with van der Waals surface area (Å²) in [6.07, 6.45) is 0. The van der Waals surface area contributed by atoms with Gasteiger partial charge in [0.25, 0.3) is 127 Å². The maximum atomic E-state index is 11.1. The van der Waals surface area contributed by atoms with E-state index in [4.69, 9.17) is 0 Å². The van der Waals surface area contributed by atoms with Crippen LogP contribution in [-0.4, -0.2) is 115 Å². The fraction of sp³-hybridized carbons (Fsp3) is 0. The molecule has 0 atom stereocenters. The summed E-state index contributed by atoms with van der Waals surface area (Å²) in [5.74, 6) is -4.40. The maximum Gasteiger partial charge on any atom is 1.00 e. The third kappa shape index (κ3) is 21.8. The van der Waals surface area contributed by atoms with Gasteiger partial charge in [-0.1, -0.05) is 97.1 Å². The zero-order chi connectivity index (χ0) is 70.1. The molecule has 8 aliphatic rings. The SMILES string of the molecule is O=C1NS(=O)(=O)c2ccccc21.O=C1NS(=O)(=O)c2ccccc21.O=C1NS(=O)(=O)c2ccccc21.O=C1NS(=O)(=O)c2ccccc21.O=C1NS(=O)(=O)c2ccccc21.O=C1NS(=O)(=O)c2ccccc21.O=C1NS(=O)(=O)c2ccccc21.O=C1NS(=O)(=O)c2ccccc21.[H-].[H-].[H-].[H-].[H-].[H-].[H-].[Na+].[Na+].[Na+].[Na+].[Na+].[Na+].[Na+]. The second-order valence-corrected chi connectivity index (χ2v) is 32.7. The van der Waals surface area contributed by atoms with Gasteiger partial charge in [0.15, 0.2) is 0 Å². The molecule has 0 radical (unpaired) electrons. The molecule has 0 saturated carbocycles. The predicted octanol–water partition coefficient (Wildman–Crippen LogP) is -19.2. The third-order valence-corrected chi connectivity index (χ3v) is 24.3. The zero-order valence-corrected chi connectivity index (χ0v) is 75.1. The molecule has 0 saturated heterocycles. The monoisotopic (exact) mass is 1630 g/mol. The Balaban J connectivity index is -0.000000276. The summed E-state index contributed by atoms with van der Waals surface area (Å²) in [7, 11) is -28.4. The van der Waals surface area contributed by atoms with Crippen LogP contribution in [0.1, 0.15) is 92.9 Å². The first-order valence-corrected chi connectivity index (χ1v) is 38.0. The molecule has 0 aromatic heterocycles. The van der Waals surface area contributed by atoms with Crippen LogP contribution in [0.4, 0.5) is 0 Å². The fourth-order valence-corrected chi connectivity index (χ4v) is 18.3. The summed E-state index contributed by atoms with van der Waals surface area (Å²) < 4.78 is 193. The molecule has 8 aromatic rings. The minimum absolute atomic E-state index is 0. The summed E-state index contributed by atoms with van der Waals surface area (Å²) in [4.78, 5) is 88.4. The summed E-state index contributed by atoms with van der Waals surface area (Å²) in [6, 6.07) is 48.7. The van der Waals surface area contributed by atoms with Crippen LogP contribution in [0.25, 0.3) is 0 Å². The first-order chi connectivity index (χ1) is 44.9. The molecule has 32 nitrogen and oxygen atoms in total. The molecule has 8 aliphatic heterocycles. The van der Waals surface area contributed by atoms with Crippen molar-refractivity contribution in [2.24, 2.45) is 0 Å².